The zero-order chi connectivity index (χ0) is 9.73. The van der Waals surface area contributed by atoms with Gasteiger partial charge in [-0.1, -0.05) is 26.2 Å². The summed E-state index contributed by atoms with van der Waals surface area (Å²) >= 11 is 0. The SMILES string of the molecule is CC1(CN)CCCCCC(CN)C1. The van der Waals surface area contributed by atoms with E-state index in [4.69, 9.17) is 11.5 Å². The lowest BCUT2D eigenvalue weighted by Gasteiger charge is -2.34. The summed E-state index contributed by atoms with van der Waals surface area (Å²) in [5.41, 5.74) is 12.0. The third kappa shape index (κ3) is 3.28. The fourth-order valence-electron chi connectivity index (χ4n) is 2.45. The first-order valence-corrected chi connectivity index (χ1v) is 5.60. The van der Waals surface area contributed by atoms with Crippen molar-refractivity contribution in [3.05, 3.63) is 0 Å². The maximum atomic E-state index is 5.83. The highest BCUT2D eigenvalue weighted by atomic mass is 14.6. The maximum Gasteiger partial charge on any atom is -0.00231 e. The highest BCUT2D eigenvalue weighted by Gasteiger charge is 2.27. The van der Waals surface area contributed by atoms with Gasteiger partial charge in [0, 0.05) is 0 Å². The van der Waals surface area contributed by atoms with Crippen molar-refractivity contribution in [2.75, 3.05) is 13.1 Å². The molecule has 0 aliphatic heterocycles. The molecule has 2 unspecified atom stereocenters. The summed E-state index contributed by atoms with van der Waals surface area (Å²) in [7, 11) is 0. The van der Waals surface area contributed by atoms with Gasteiger partial charge in [0.15, 0.2) is 0 Å². The standard InChI is InChI=1S/C11H24N2/c1-11(9-13)6-4-2-3-5-10(7-11)8-12/h10H,2-9,12-13H2,1H3. The van der Waals surface area contributed by atoms with Gasteiger partial charge in [-0.05, 0) is 43.7 Å². The topological polar surface area (TPSA) is 52.0 Å². The van der Waals surface area contributed by atoms with E-state index in [2.05, 4.69) is 6.92 Å². The Morgan fingerprint density at radius 1 is 1.23 bits per heavy atom. The molecule has 1 aliphatic rings. The van der Waals surface area contributed by atoms with Crippen LogP contribution in [0.1, 0.15) is 45.4 Å². The molecule has 78 valence electrons. The molecule has 1 saturated carbocycles. The number of rotatable bonds is 2. The van der Waals surface area contributed by atoms with Crippen LogP contribution in [0.15, 0.2) is 0 Å². The second kappa shape index (κ2) is 4.97. The average molecular weight is 184 g/mol. The van der Waals surface area contributed by atoms with Crippen LogP contribution in [-0.2, 0) is 0 Å². The summed E-state index contributed by atoms with van der Waals surface area (Å²) in [5.74, 6) is 0.717. The van der Waals surface area contributed by atoms with Crippen LogP contribution in [0.3, 0.4) is 0 Å². The molecular weight excluding hydrogens is 160 g/mol. The van der Waals surface area contributed by atoms with E-state index >= 15 is 0 Å². The van der Waals surface area contributed by atoms with E-state index in [1.54, 1.807) is 0 Å². The first kappa shape index (κ1) is 11.0. The van der Waals surface area contributed by atoms with Crippen LogP contribution in [0.4, 0.5) is 0 Å². The van der Waals surface area contributed by atoms with Gasteiger partial charge in [0.05, 0.1) is 0 Å². The summed E-state index contributed by atoms with van der Waals surface area (Å²) < 4.78 is 0. The summed E-state index contributed by atoms with van der Waals surface area (Å²) in [4.78, 5) is 0. The van der Waals surface area contributed by atoms with Gasteiger partial charge in [-0.3, -0.25) is 0 Å². The highest BCUT2D eigenvalue weighted by molar-refractivity contribution is 4.81. The second-order valence-corrected chi connectivity index (χ2v) is 4.92. The fraction of sp³-hybridized carbons (Fsp3) is 1.00. The maximum absolute atomic E-state index is 5.83. The van der Waals surface area contributed by atoms with Crippen LogP contribution in [0, 0.1) is 11.3 Å². The van der Waals surface area contributed by atoms with E-state index in [1.807, 2.05) is 0 Å². The normalized spacial score (nSPS) is 36.7. The van der Waals surface area contributed by atoms with E-state index in [1.165, 1.54) is 38.5 Å². The van der Waals surface area contributed by atoms with Gasteiger partial charge in [-0.15, -0.1) is 0 Å². The van der Waals surface area contributed by atoms with Gasteiger partial charge in [0.1, 0.15) is 0 Å². The van der Waals surface area contributed by atoms with Crippen molar-refractivity contribution in [2.24, 2.45) is 22.8 Å². The van der Waals surface area contributed by atoms with Crippen molar-refractivity contribution < 1.29 is 0 Å². The molecule has 0 amide bonds. The highest BCUT2D eigenvalue weighted by Crippen LogP contribution is 2.35. The van der Waals surface area contributed by atoms with E-state index in [0.717, 1.165) is 13.1 Å². The molecule has 2 atom stereocenters. The molecule has 1 rings (SSSR count). The van der Waals surface area contributed by atoms with Gasteiger partial charge in [-0.2, -0.15) is 0 Å². The largest absolute Gasteiger partial charge is 0.330 e. The van der Waals surface area contributed by atoms with Gasteiger partial charge >= 0.3 is 0 Å². The zero-order valence-corrected chi connectivity index (χ0v) is 8.89. The quantitative estimate of drug-likeness (QED) is 0.688. The molecule has 0 heterocycles. The van der Waals surface area contributed by atoms with Crippen LogP contribution >= 0.6 is 0 Å². The van der Waals surface area contributed by atoms with Crippen molar-refractivity contribution in [2.45, 2.75) is 45.4 Å². The van der Waals surface area contributed by atoms with Crippen molar-refractivity contribution in [3.8, 4) is 0 Å². The molecule has 2 nitrogen and oxygen atoms in total. The molecule has 13 heavy (non-hydrogen) atoms. The fourth-order valence-corrected chi connectivity index (χ4v) is 2.45. The molecule has 0 aromatic carbocycles. The van der Waals surface area contributed by atoms with E-state index in [9.17, 15) is 0 Å². The lowest BCUT2D eigenvalue weighted by atomic mass is 9.74. The molecule has 0 aromatic rings. The third-order valence-electron chi connectivity index (χ3n) is 3.50. The van der Waals surface area contributed by atoms with Crippen molar-refractivity contribution in [3.63, 3.8) is 0 Å². The third-order valence-corrected chi connectivity index (χ3v) is 3.50. The Bertz CT molecular complexity index is 147. The Morgan fingerprint density at radius 3 is 2.62 bits per heavy atom. The molecule has 0 spiro atoms. The smallest absolute Gasteiger partial charge is 0.00231 e. The summed E-state index contributed by atoms with van der Waals surface area (Å²) in [5, 5.41) is 0. The minimum Gasteiger partial charge on any atom is -0.330 e. The van der Waals surface area contributed by atoms with Crippen LogP contribution in [-0.4, -0.2) is 13.1 Å². The molecule has 0 aromatic heterocycles. The lowest BCUT2D eigenvalue weighted by Crippen LogP contribution is -2.33. The van der Waals surface area contributed by atoms with E-state index in [-0.39, 0.29) is 0 Å². The summed E-state index contributed by atoms with van der Waals surface area (Å²) in [6.45, 7) is 3.99. The summed E-state index contributed by atoms with van der Waals surface area (Å²) in [6, 6.07) is 0. The van der Waals surface area contributed by atoms with Crippen LogP contribution in [0.2, 0.25) is 0 Å². The molecule has 1 fully saturated rings. The number of hydrogen-bond acceptors (Lipinski definition) is 2. The predicted octanol–water partition coefficient (Wildman–Crippen LogP) is 1.88. The van der Waals surface area contributed by atoms with Gasteiger partial charge in [0.2, 0.25) is 0 Å². The molecule has 0 bridgehead atoms. The summed E-state index contributed by atoms with van der Waals surface area (Å²) in [6.07, 6.45) is 7.92. The van der Waals surface area contributed by atoms with E-state index < -0.39 is 0 Å². The predicted molar refractivity (Wildman–Crippen MR) is 57.4 cm³/mol. The minimum absolute atomic E-state index is 0.366. The average Bonchev–Trinajstić information content (AvgIpc) is 2.11. The molecular formula is C11H24N2. The Kier molecular flexibility index (Phi) is 4.20. The minimum atomic E-state index is 0.366. The van der Waals surface area contributed by atoms with Gasteiger partial charge in [0.25, 0.3) is 0 Å². The Balaban J connectivity index is 2.52. The monoisotopic (exact) mass is 184 g/mol. The number of hydrogen-bond donors (Lipinski definition) is 2. The van der Waals surface area contributed by atoms with E-state index in [0.29, 0.717) is 11.3 Å². The Labute approximate surface area is 82.1 Å². The number of nitrogens with two attached hydrogens (primary N) is 2. The second-order valence-electron chi connectivity index (χ2n) is 4.92. The molecule has 4 N–H and O–H groups in total. The van der Waals surface area contributed by atoms with Crippen molar-refractivity contribution in [1.29, 1.82) is 0 Å². The Hall–Kier alpha value is -0.0800. The lowest BCUT2D eigenvalue weighted by molar-refractivity contribution is 0.199. The van der Waals surface area contributed by atoms with Crippen LogP contribution < -0.4 is 11.5 Å². The first-order valence-electron chi connectivity index (χ1n) is 5.60. The van der Waals surface area contributed by atoms with Crippen molar-refractivity contribution in [1.82, 2.24) is 0 Å². The Morgan fingerprint density at radius 2 is 2.00 bits per heavy atom. The molecule has 0 radical (unpaired) electrons. The molecule has 1 aliphatic carbocycles. The zero-order valence-electron chi connectivity index (χ0n) is 8.89. The van der Waals surface area contributed by atoms with Crippen molar-refractivity contribution >= 4 is 0 Å². The van der Waals surface area contributed by atoms with Gasteiger partial charge < -0.3 is 11.5 Å². The first-order chi connectivity index (χ1) is 6.20. The molecule has 2 heteroatoms. The molecule has 0 saturated heterocycles. The van der Waals surface area contributed by atoms with Crippen LogP contribution in [0.25, 0.3) is 0 Å². The van der Waals surface area contributed by atoms with Gasteiger partial charge in [-0.25, -0.2) is 0 Å². The van der Waals surface area contributed by atoms with Crippen LogP contribution in [0.5, 0.6) is 0 Å².